The molecule has 30 heavy (non-hydrogen) atoms. The summed E-state index contributed by atoms with van der Waals surface area (Å²) in [5.74, 6) is 0.637. The molecule has 0 radical (unpaired) electrons. The van der Waals surface area contributed by atoms with Crippen LogP contribution in [0.4, 0.5) is 11.6 Å². The van der Waals surface area contributed by atoms with Crippen molar-refractivity contribution in [3.8, 4) is 22.8 Å². The fourth-order valence-electron chi connectivity index (χ4n) is 3.64. The molecule has 0 bridgehead atoms. The van der Waals surface area contributed by atoms with Crippen LogP contribution in [-0.4, -0.2) is 42.6 Å². The normalized spacial score (nSPS) is 14.5. The Morgan fingerprint density at radius 3 is 2.73 bits per heavy atom. The monoisotopic (exact) mass is 403 g/mol. The number of rotatable bonds is 3. The number of anilines is 2. The maximum absolute atomic E-state index is 12.7. The van der Waals surface area contributed by atoms with Crippen LogP contribution in [-0.2, 0) is 0 Å². The Labute approximate surface area is 170 Å². The molecule has 4 aromatic rings. The number of aryl methyl sites for hydroxylation is 1. The molecular weight excluding hydrogens is 386 g/mol. The van der Waals surface area contributed by atoms with Crippen molar-refractivity contribution in [2.75, 3.05) is 12.4 Å². The quantitative estimate of drug-likeness (QED) is 0.418. The van der Waals surface area contributed by atoms with Gasteiger partial charge in [-0.25, -0.2) is 5.10 Å². The standard InChI is InChI=1S/C20H17N7O3/c1-10-3-5-11(6-4-10)16-15-17(19(29)23-22-16)21-20-24-25-26-27(20)18(15)12-7-8-13(28)14(9-12)30-2/h3-9,18,28H,1-2H3,(H,23,29)(H,21,24,26). The number of aromatic amines is 1. The number of hydrogen-bond acceptors (Lipinski definition) is 8. The lowest BCUT2D eigenvalue weighted by atomic mass is 9.92. The first kappa shape index (κ1) is 17.9. The SMILES string of the molecule is COc1cc(C2c3c(-c4ccc(C)cc4)n[nH]c(=O)c3Nc3nnnn32)ccc1O. The summed E-state index contributed by atoms with van der Waals surface area (Å²) < 4.78 is 6.85. The van der Waals surface area contributed by atoms with Gasteiger partial charge in [-0.3, -0.25) is 4.79 Å². The Hall–Kier alpha value is -4.21. The molecule has 0 amide bonds. The zero-order chi connectivity index (χ0) is 20.8. The second-order valence-electron chi connectivity index (χ2n) is 6.96. The second kappa shape index (κ2) is 6.69. The molecule has 0 spiro atoms. The van der Waals surface area contributed by atoms with E-state index in [1.807, 2.05) is 31.2 Å². The summed E-state index contributed by atoms with van der Waals surface area (Å²) >= 11 is 0. The summed E-state index contributed by atoms with van der Waals surface area (Å²) in [6.07, 6.45) is 0. The number of aromatic nitrogens is 6. The van der Waals surface area contributed by atoms with Crippen molar-refractivity contribution in [1.82, 2.24) is 30.4 Å². The zero-order valence-electron chi connectivity index (χ0n) is 16.1. The van der Waals surface area contributed by atoms with Gasteiger partial charge in [-0.05, 0) is 35.0 Å². The molecule has 3 N–H and O–H groups in total. The molecule has 1 atom stereocenters. The maximum atomic E-state index is 12.7. The number of H-pyrrole nitrogens is 1. The summed E-state index contributed by atoms with van der Waals surface area (Å²) in [6, 6.07) is 12.2. The maximum Gasteiger partial charge on any atom is 0.288 e. The number of aromatic hydroxyl groups is 1. The first-order chi connectivity index (χ1) is 14.6. The van der Waals surface area contributed by atoms with Crippen molar-refractivity contribution < 1.29 is 9.84 Å². The minimum atomic E-state index is -0.563. The van der Waals surface area contributed by atoms with Gasteiger partial charge in [0, 0.05) is 11.1 Å². The number of nitrogens with one attached hydrogen (secondary N) is 2. The van der Waals surface area contributed by atoms with Gasteiger partial charge in [-0.15, -0.1) is 0 Å². The highest BCUT2D eigenvalue weighted by Gasteiger charge is 2.34. The van der Waals surface area contributed by atoms with Gasteiger partial charge >= 0.3 is 0 Å². The van der Waals surface area contributed by atoms with Gasteiger partial charge in [-0.2, -0.15) is 9.78 Å². The van der Waals surface area contributed by atoms with E-state index in [1.54, 1.807) is 16.8 Å². The number of tetrazole rings is 1. The Balaban J connectivity index is 1.81. The molecule has 0 saturated carbocycles. The number of benzene rings is 2. The number of nitrogens with zero attached hydrogens (tertiary/aromatic N) is 5. The van der Waals surface area contributed by atoms with Crippen LogP contribution in [0.5, 0.6) is 11.5 Å². The van der Waals surface area contributed by atoms with Gasteiger partial charge in [0.15, 0.2) is 11.5 Å². The molecular formula is C20H17N7O3. The average Bonchev–Trinajstić information content (AvgIpc) is 3.22. The minimum absolute atomic E-state index is 0.00939. The van der Waals surface area contributed by atoms with Crippen LogP contribution in [0.25, 0.3) is 11.3 Å². The van der Waals surface area contributed by atoms with Gasteiger partial charge in [0.1, 0.15) is 11.7 Å². The molecule has 10 nitrogen and oxygen atoms in total. The van der Waals surface area contributed by atoms with Crippen LogP contribution in [0.3, 0.4) is 0 Å². The van der Waals surface area contributed by atoms with Gasteiger partial charge < -0.3 is 15.2 Å². The smallest absolute Gasteiger partial charge is 0.288 e. The molecule has 0 saturated heterocycles. The molecule has 1 unspecified atom stereocenters. The number of ether oxygens (including phenoxy) is 1. The third-order valence-corrected chi connectivity index (χ3v) is 5.11. The third-order valence-electron chi connectivity index (χ3n) is 5.11. The van der Waals surface area contributed by atoms with Crippen molar-refractivity contribution in [2.45, 2.75) is 13.0 Å². The predicted octanol–water partition coefficient (Wildman–Crippen LogP) is 2.14. The lowest BCUT2D eigenvalue weighted by Crippen LogP contribution is -2.29. The largest absolute Gasteiger partial charge is 0.504 e. The van der Waals surface area contributed by atoms with E-state index >= 15 is 0 Å². The first-order valence-electron chi connectivity index (χ1n) is 9.18. The Kier molecular flexibility index (Phi) is 3.98. The third kappa shape index (κ3) is 2.69. The van der Waals surface area contributed by atoms with E-state index in [9.17, 15) is 9.90 Å². The van der Waals surface area contributed by atoms with Crippen molar-refractivity contribution in [3.63, 3.8) is 0 Å². The molecule has 0 aliphatic carbocycles. The number of phenolic OH excluding ortho intramolecular Hbond substituents is 1. The van der Waals surface area contributed by atoms with E-state index in [0.717, 1.165) is 16.7 Å². The molecule has 1 aliphatic rings. The van der Waals surface area contributed by atoms with Crippen LogP contribution < -0.4 is 15.6 Å². The topological polar surface area (TPSA) is 131 Å². The first-order valence-corrected chi connectivity index (χ1v) is 9.18. The molecule has 1 aliphatic heterocycles. The second-order valence-corrected chi connectivity index (χ2v) is 6.96. The highest BCUT2D eigenvalue weighted by Crippen LogP contribution is 2.42. The minimum Gasteiger partial charge on any atom is -0.504 e. The summed E-state index contributed by atoms with van der Waals surface area (Å²) in [5.41, 5.74) is 3.82. The molecule has 2 aromatic heterocycles. The van der Waals surface area contributed by atoms with Crippen molar-refractivity contribution >= 4 is 11.6 Å². The van der Waals surface area contributed by atoms with Crippen molar-refractivity contribution in [1.29, 1.82) is 0 Å². The summed E-state index contributed by atoms with van der Waals surface area (Å²) in [5, 5.41) is 31.8. The van der Waals surface area contributed by atoms with Crippen LogP contribution in [0, 0.1) is 6.92 Å². The van der Waals surface area contributed by atoms with Crippen molar-refractivity contribution in [3.05, 3.63) is 69.5 Å². The predicted molar refractivity (Wildman–Crippen MR) is 108 cm³/mol. The molecule has 3 heterocycles. The van der Waals surface area contributed by atoms with Crippen LogP contribution in [0.15, 0.2) is 47.3 Å². The number of phenols is 1. The highest BCUT2D eigenvalue weighted by molar-refractivity contribution is 5.75. The fourth-order valence-corrected chi connectivity index (χ4v) is 3.64. The van der Waals surface area contributed by atoms with Crippen LogP contribution >= 0.6 is 0 Å². The van der Waals surface area contributed by atoms with Crippen LogP contribution in [0.2, 0.25) is 0 Å². The van der Waals surface area contributed by atoms with E-state index < -0.39 is 6.04 Å². The van der Waals surface area contributed by atoms with Gasteiger partial charge in [0.05, 0.1) is 12.8 Å². The van der Waals surface area contributed by atoms with Crippen LogP contribution in [0.1, 0.15) is 22.7 Å². The fraction of sp³-hybridized carbons (Fsp3) is 0.150. The Morgan fingerprint density at radius 2 is 1.97 bits per heavy atom. The zero-order valence-corrected chi connectivity index (χ0v) is 16.1. The highest BCUT2D eigenvalue weighted by atomic mass is 16.5. The molecule has 0 fully saturated rings. The van der Waals surface area contributed by atoms with E-state index in [4.69, 9.17) is 4.74 Å². The number of hydrogen-bond donors (Lipinski definition) is 3. The number of fused-ring (bicyclic) bond motifs is 2. The molecule has 2 aromatic carbocycles. The summed E-state index contributed by atoms with van der Waals surface area (Å²) in [4.78, 5) is 12.7. The van der Waals surface area contributed by atoms with E-state index in [-0.39, 0.29) is 11.3 Å². The van der Waals surface area contributed by atoms with Gasteiger partial charge in [0.25, 0.3) is 5.56 Å². The lowest BCUT2D eigenvalue weighted by Gasteiger charge is -2.28. The summed E-state index contributed by atoms with van der Waals surface area (Å²) in [6.45, 7) is 2.00. The molecule has 150 valence electrons. The molecule has 10 heteroatoms. The lowest BCUT2D eigenvalue weighted by molar-refractivity contribution is 0.372. The molecule has 5 rings (SSSR count). The van der Waals surface area contributed by atoms with Gasteiger partial charge in [-0.1, -0.05) is 41.0 Å². The number of methoxy groups -OCH3 is 1. The Morgan fingerprint density at radius 1 is 1.17 bits per heavy atom. The average molecular weight is 403 g/mol. The van der Waals surface area contributed by atoms with E-state index in [0.29, 0.717) is 28.6 Å². The van der Waals surface area contributed by atoms with E-state index in [2.05, 4.69) is 31.0 Å². The van der Waals surface area contributed by atoms with Crippen molar-refractivity contribution in [2.24, 2.45) is 0 Å². The van der Waals surface area contributed by atoms with Gasteiger partial charge in [0.2, 0.25) is 5.95 Å². The Bertz CT molecular complexity index is 1310. The van der Waals surface area contributed by atoms with E-state index in [1.165, 1.54) is 13.2 Å². The summed E-state index contributed by atoms with van der Waals surface area (Å²) in [7, 11) is 1.47.